The maximum atomic E-state index is 12.5. The quantitative estimate of drug-likeness (QED) is 0.0215. The van der Waals surface area contributed by atoms with E-state index in [1.807, 2.05) is 4.90 Å². The Morgan fingerprint density at radius 3 is 0.733 bits per heavy atom. The third-order valence-electron chi connectivity index (χ3n) is 25.6. The van der Waals surface area contributed by atoms with Gasteiger partial charge in [0.15, 0.2) is 128 Å². The maximum absolute atomic E-state index is 12.5. The molecule has 0 spiro atoms. The van der Waals surface area contributed by atoms with E-state index in [4.69, 9.17) is 48.1 Å². The number of carbonyl (C=O) groups excluding carboxylic acids is 6. The van der Waals surface area contributed by atoms with Crippen molar-refractivity contribution in [1.82, 2.24) is 20.0 Å². The molecular weight excluding hydrogens is 2110 g/mol. The van der Waals surface area contributed by atoms with Crippen LogP contribution < -0.4 is 5.32 Å². The Kier molecular flexibility index (Phi) is 95.3. The highest BCUT2D eigenvalue weighted by atomic mass is 28.5. The lowest BCUT2D eigenvalue weighted by Crippen LogP contribution is -2.45. The summed E-state index contributed by atoms with van der Waals surface area (Å²) in [6.45, 7) is 110. The van der Waals surface area contributed by atoms with Gasteiger partial charge in [-0.15, -0.1) is 0 Å². The van der Waals surface area contributed by atoms with Crippen LogP contribution in [0.5, 0.6) is 0 Å². The first-order chi connectivity index (χ1) is 69.2. The van der Waals surface area contributed by atoms with Crippen LogP contribution in [0.4, 0.5) is 0 Å². The minimum absolute atomic E-state index is 0.0335. The molecule has 0 aliphatic rings. The molecule has 0 aromatic rings. The first-order valence-electron chi connectivity index (χ1n) is 58.3. The van der Waals surface area contributed by atoms with Crippen molar-refractivity contribution in [2.24, 2.45) is 0 Å². The zero-order valence-corrected chi connectivity index (χ0v) is 119. The second-order valence-corrected chi connectivity index (χ2v) is 112. The summed E-state index contributed by atoms with van der Waals surface area (Å²) in [4.78, 5) is 72.9. The molecule has 3 atom stereocenters. The number of nitrogens with zero attached hydrogens (tertiary/aromatic N) is 3. The van der Waals surface area contributed by atoms with Crippen LogP contribution in [0.25, 0.3) is 0 Å². The van der Waals surface area contributed by atoms with Crippen LogP contribution in [-0.2, 0) is 71.8 Å². The van der Waals surface area contributed by atoms with Crippen molar-refractivity contribution in [3.05, 3.63) is 75.9 Å². The van der Waals surface area contributed by atoms with Gasteiger partial charge in [-0.1, -0.05) is 198 Å². The van der Waals surface area contributed by atoms with Crippen LogP contribution >= 0.6 is 0 Å². The summed E-state index contributed by atoms with van der Waals surface area (Å²) in [5.74, 6) is -0.390. The van der Waals surface area contributed by atoms with E-state index < -0.39 is 135 Å². The Morgan fingerprint density at radius 2 is 0.500 bits per heavy atom. The molecule has 0 rings (SSSR count). The number of hydrogen-bond acceptors (Lipinski definition) is 20. The smallest absolute Gasteiger partial charge is 0.246 e. The molecule has 0 saturated carbocycles. The zero-order chi connectivity index (χ0) is 117. The summed E-state index contributed by atoms with van der Waals surface area (Å²) in [6, 6.07) is 16.7. The Balaban J connectivity index is -0.000000327. The number of aliphatic hydroxyl groups is 4. The summed E-state index contributed by atoms with van der Waals surface area (Å²) in [5, 5.41) is 40.6. The Morgan fingerprint density at radius 1 is 0.273 bits per heavy atom. The molecular formula is C112H246N4O20Si14. The Bertz CT molecular complexity index is 3450. The maximum Gasteiger partial charge on any atom is 0.246 e. The molecule has 0 radical (unpaired) electrons. The minimum Gasteiger partial charge on any atom is -0.455 e. The van der Waals surface area contributed by atoms with Gasteiger partial charge in [-0.3, -0.25) is 28.8 Å². The van der Waals surface area contributed by atoms with Crippen molar-refractivity contribution in [2.75, 3.05) is 93.1 Å². The molecule has 0 aliphatic carbocycles. The molecule has 38 heteroatoms. The van der Waals surface area contributed by atoms with Gasteiger partial charge in [0.05, 0.1) is 38.1 Å². The van der Waals surface area contributed by atoms with Gasteiger partial charge in [-0.25, -0.2) is 0 Å². The normalized spacial score (nSPS) is 13.1. The van der Waals surface area contributed by atoms with Gasteiger partial charge in [0, 0.05) is 86.1 Å². The van der Waals surface area contributed by atoms with Gasteiger partial charge < -0.3 is 83.5 Å². The van der Waals surface area contributed by atoms with E-state index in [0.29, 0.717) is 45.6 Å². The average molecular weight is 2360 g/mol. The number of amides is 4. The molecule has 4 amide bonds. The number of likely N-dealkylation sites (N-methyl/N-ethyl adjacent to an activating group) is 2. The minimum atomic E-state index is -1.76. The predicted molar refractivity (Wildman–Crippen MR) is 683 cm³/mol. The number of ketones is 2. The van der Waals surface area contributed by atoms with Gasteiger partial charge in [0.25, 0.3) is 0 Å². The number of nitrogens with one attached hydrogen (secondary N) is 1. The van der Waals surface area contributed by atoms with E-state index in [0.717, 1.165) is 108 Å². The number of aliphatic hydroxyl groups excluding tert-OH is 4. The number of carbonyl (C=O) groups is 6. The van der Waals surface area contributed by atoms with Crippen LogP contribution in [0, 0.1) is 0 Å². The van der Waals surface area contributed by atoms with Crippen LogP contribution in [0.2, 0.25) is 268 Å². The highest BCUT2D eigenvalue weighted by molar-refractivity contribution is 6.88. The fourth-order valence-electron chi connectivity index (χ4n) is 18.2. The van der Waals surface area contributed by atoms with Gasteiger partial charge >= 0.3 is 0 Å². The molecule has 3 unspecified atom stereocenters. The van der Waals surface area contributed by atoms with E-state index in [-0.39, 0.29) is 61.5 Å². The van der Waals surface area contributed by atoms with E-state index in [9.17, 15) is 44.1 Å². The van der Waals surface area contributed by atoms with Gasteiger partial charge in [0.1, 0.15) is 0 Å². The van der Waals surface area contributed by atoms with Crippen LogP contribution in [0.15, 0.2) is 75.9 Å². The molecule has 150 heavy (non-hydrogen) atoms. The molecule has 5 N–H and O–H groups in total. The van der Waals surface area contributed by atoms with Gasteiger partial charge in [-0.05, 0) is 362 Å². The van der Waals surface area contributed by atoms with Crippen LogP contribution in [0.1, 0.15) is 229 Å². The Hall–Kier alpha value is -1.86. The standard InChI is InChI=1S/C25H57NO3Si4.C18H39NO4Si2.C18H38O4Si2.C18H38O3Si2.C17H37NO4Si2.C12H30OSi2.C4H7NO/c1-12-15-21-30(4,5)28-32(8,9)23-17-19-26(25(27)14-3)20-18-24-33(10,11)29-31(6,7)22-16-13-2;1-8-10-13-24(4,5)23-25(6,7)14-11-12-22-16-17(20)15-19(3)18(21)9-2;1-7-9-14-23(3,4)22-24(5,6)15-10-13-21-16-18(20)12-11-17(19)8-2;1-7-9-16-22(3,4)21-23(5,6)17-12-15-20-14-11-10-13-18(19)8-2;1-7-9-12-23(3,4)22-24(5,6)13-10-11-18(17(21)8-2)14-16(20)15-19;1-7-9-11-14(3,4)13-15(5,6)12-10-8-2;1-3-4(6)5-2/h14H,3,12-13,15-24H2,1-2,4-11H3;9,17,20H,2,8,10-16H2,1,3-7H3;8,18,20H,2,7,9-16H2,1,3-6H3;8H,2,7,9-17H2,1,3-6H3;8,16,19-20H,2,7,9-15H2,1,3-6H3;7-12H2,1-6H3;3H,1H2,2H3,(H,5,6). The lowest BCUT2D eigenvalue weighted by molar-refractivity contribution is -0.128. The molecule has 0 saturated heterocycles. The van der Waals surface area contributed by atoms with E-state index in [1.165, 1.54) is 198 Å². The molecule has 24 nitrogen and oxygen atoms in total. The first kappa shape index (κ1) is 161. The molecule has 890 valence electrons. The number of rotatable bonds is 85. The number of allylic oxidation sites excluding steroid dienone is 2. The van der Waals surface area contributed by atoms with Gasteiger partial charge in [0.2, 0.25) is 23.6 Å². The number of hydrogen-bond donors (Lipinski definition) is 5. The van der Waals surface area contributed by atoms with E-state index >= 15 is 0 Å². The fourth-order valence-corrected chi connectivity index (χ4v) is 81.5. The van der Waals surface area contributed by atoms with Crippen molar-refractivity contribution >= 4 is 152 Å². The highest BCUT2D eigenvalue weighted by Gasteiger charge is 2.40. The van der Waals surface area contributed by atoms with E-state index in [1.54, 1.807) is 19.0 Å². The molecule has 0 aromatic heterocycles. The summed E-state index contributed by atoms with van der Waals surface area (Å²) < 4.78 is 63.1. The second kappa shape index (κ2) is 88.8. The fraction of sp³-hybridized carbons (Fsp3) is 0.839. The predicted octanol–water partition coefficient (Wildman–Crippen LogP) is 29.8. The SMILES string of the molecule is C=CC(=O)CCC(O)COCCC[Si](C)(C)O[Si](C)(C)CCCC.C=CC(=O)CCCCOCCC[Si](C)(C)O[Si](C)(C)CCCC.C=CC(=O)N(C)CC(O)COCCC[Si](C)(C)O[Si](C)(C)CCCC.C=CC(=O)N(CCC[Si](C)(C)O[Si](C)(C)CCCC)CC(O)CO.C=CC(=O)N(CCC[Si](C)(C)O[Si](C)(C)CCCC)CCC[Si](C)(C)O[Si](C)(C)CCCC.C=CC(=O)NC.CCCC[Si](C)(C)O[Si](C)(C)CCCC. The summed E-state index contributed by atoms with van der Waals surface area (Å²) in [5.41, 5.74) is 0. The third kappa shape index (κ3) is 104. The lowest BCUT2D eigenvalue weighted by atomic mass is 10.1. The van der Waals surface area contributed by atoms with E-state index in [2.05, 4.69) is 283 Å². The van der Waals surface area contributed by atoms with Crippen LogP contribution in [-0.4, -0.2) is 298 Å². The zero-order valence-electron chi connectivity index (χ0n) is 105. The molecule has 0 bridgehead atoms. The third-order valence-corrected chi connectivity index (χ3v) is 78.3. The summed E-state index contributed by atoms with van der Waals surface area (Å²) in [7, 11) is -18.8. The highest BCUT2D eigenvalue weighted by Crippen LogP contribution is 2.33. The van der Waals surface area contributed by atoms with Crippen LogP contribution in [0.3, 0.4) is 0 Å². The monoisotopic (exact) mass is 2360 g/mol. The average Bonchev–Trinajstić information content (AvgIpc) is 0.879. The van der Waals surface area contributed by atoms with Crippen molar-refractivity contribution in [3.8, 4) is 0 Å². The Labute approximate surface area is 940 Å². The van der Waals surface area contributed by atoms with Crippen molar-refractivity contribution in [1.29, 1.82) is 0 Å². The van der Waals surface area contributed by atoms with Crippen molar-refractivity contribution < 1.29 is 92.2 Å². The van der Waals surface area contributed by atoms with Gasteiger partial charge in [-0.2, -0.15) is 0 Å². The summed E-state index contributed by atoms with van der Waals surface area (Å²) >= 11 is 0. The number of ether oxygens (including phenoxy) is 3. The largest absolute Gasteiger partial charge is 0.455 e. The number of unbranched alkanes of at least 4 members (excludes halogenated alkanes) is 9. The molecule has 0 heterocycles. The molecule has 0 aromatic carbocycles. The second-order valence-electron chi connectivity index (χ2n) is 49.8. The summed E-state index contributed by atoms with van der Waals surface area (Å²) in [6.07, 6.45) is 35.1. The first-order valence-corrected chi connectivity index (χ1v) is 102. The van der Waals surface area contributed by atoms with Crippen molar-refractivity contribution in [2.45, 2.75) is 515 Å². The lowest BCUT2D eigenvalue weighted by Gasteiger charge is -2.35. The molecule has 0 fully saturated rings. The molecule has 0 aliphatic heterocycles. The van der Waals surface area contributed by atoms with Crippen molar-refractivity contribution in [3.63, 3.8) is 0 Å². The topological polar surface area (TPSA) is 297 Å².